The van der Waals surface area contributed by atoms with Crippen molar-refractivity contribution in [3.8, 4) is 0 Å². The number of piperidine rings is 1. The number of nitrogens with one attached hydrogen (secondary N) is 1. The number of methoxy groups -OCH3 is 1. The molecule has 6 heteroatoms. The Kier molecular flexibility index (Phi) is 4.53. The van der Waals surface area contributed by atoms with Crippen LogP contribution in [0.5, 0.6) is 0 Å². The minimum absolute atomic E-state index is 0.196. The number of likely N-dealkylation sites (tertiary alicyclic amines) is 1. The fraction of sp³-hybridized carbons (Fsp3) is 0.706. The van der Waals surface area contributed by atoms with Gasteiger partial charge in [0.05, 0.1) is 6.10 Å². The van der Waals surface area contributed by atoms with Crippen LogP contribution in [0.2, 0.25) is 0 Å². The van der Waals surface area contributed by atoms with E-state index in [-0.39, 0.29) is 11.6 Å². The lowest BCUT2D eigenvalue weighted by atomic mass is 9.94. The van der Waals surface area contributed by atoms with Crippen molar-refractivity contribution in [3.63, 3.8) is 0 Å². The number of fused-ring (bicyclic) bond motifs is 2. The molecular weight excluding hydrogens is 294 g/mol. The van der Waals surface area contributed by atoms with E-state index in [9.17, 15) is 9.59 Å². The molecule has 1 aromatic rings. The molecule has 1 saturated carbocycles. The summed E-state index contributed by atoms with van der Waals surface area (Å²) in [5.41, 5.74) is 2.19. The lowest BCUT2D eigenvalue weighted by molar-refractivity contribution is -0.136. The minimum atomic E-state index is -0.326. The van der Waals surface area contributed by atoms with Crippen molar-refractivity contribution in [2.45, 2.75) is 45.6 Å². The van der Waals surface area contributed by atoms with Crippen molar-refractivity contribution < 1.29 is 9.53 Å². The molecule has 3 atom stereocenters. The lowest BCUT2D eigenvalue weighted by Gasteiger charge is -2.37. The highest BCUT2D eigenvalue weighted by molar-refractivity contribution is 5.76. The number of carbonyl (C=O) groups excluding carboxylic acids is 1. The summed E-state index contributed by atoms with van der Waals surface area (Å²) in [7, 11) is 1.78. The molecule has 0 aromatic carbocycles. The van der Waals surface area contributed by atoms with Crippen LogP contribution in [0.15, 0.2) is 4.79 Å². The molecule has 0 spiro atoms. The second-order valence-electron chi connectivity index (χ2n) is 6.83. The molecule has 3 rings (SSSR count). The molecule has 1 aromatic heterocycles. The van der Waals surface area contributed by atoms with Gasteiger partial charge in [-0.3, -0.25) is 4.79 Å². The third-order valence-corrected chi connectivity index (χ3v) is 5.41. The summed E-state index contributed by atoms with van der Waals surface area (Å²) in [6.45, 7) is 5.32. The second kappa shape index (κ2) is 6.43. The van der Waals surface area contributed by atoms with Crippen molar-refractivity contribution in [2.24, 2.45) is 11.8 Å². The lowest BCUT2D eigenvalue weighted by Crippen LogP contribution is -2.48. The van der Waals surface area contributed by atoms with Gasteiger partial charge in [-0.15, -0.1) is 0 Å². The largest absolute Gasteiger partial charge is 0.381 e. The van der Waals surface area contributed by atoms with Gasteiger partial charge in [0.2, 0.25) is 5.91 Å². The number of ether oxygens (including phenoxy) is 1. The summed E-state index contributed by atoms with van der Waals surface area (Å²) in [5.74, 6) is 1.17. The van der Waals surface area contributed by atoms with Crippen LogP contribution < -0.4 is 5.69 Å². The maximum atomic E-state index is 12.6. The molecule has 2 fully saturated rings. The number of hydrogen-bond acceptors (Lipinski definition) is 4. The van der Waals surface area contributed by atoms with Crippen molar-refractivity contribution in [3.05, 3.63) is 27.4 Å². The molecule has 0 radical (unpaired) electrons. The van der Waals surface area contributed by atoms with Crippen molar-refractivity contribution in [2.75, 3.05) is 20.2 Å². The number of aromatic nitrogens is 2. The highest BCUT2D eigenvalue weighted by Gasteiger charge is 2.43. The maximum Gasteiger partial charge on any atom is 0.345 e. The molecule has 126 valence electrons. The summed E-state index contributed by atoms with van der Waals surface area (Å²) in [6, 6.07) is 0. The quantitative estimate of drug-likeness (QED) is 0.905. The Balaban J connectivity index is 1.62. The summed E-state index contributed by atoms with van der Waals surface area (Å²) in [4.78, 5) is 32.5. The van der Waals surface area contributed by atoms with E-state index in [4.69, 9.17) is 4.74 Å². The predicted octanol–water partition coefficient (Wildman–Crippen LogP) is 1.20. The van der Waals surface area contributed by atoms with Crippen LogP contribution in [0.25, 0.3) is 0 Å². The highest BCUT2D eigenvalue weighted by atomic mass is 16.5. The van der Waals surface area contributed by atoms with Crippen LogP contribution in [0.1, 0.15) is 36.2 Å². The summed E-state index contributed by atoms with van der Waals surface area (Å²) < 4.78 is 5.60. The number of aromatic amines is 1. The Morgan fingerprint density at radius 1 is 1.30 bits per heavy atom. The van der Waals surface area contributed by atoms with Gasteiger partial charge in [0, 0.05) is 49.8 Å². The smallest absolute Gasteiger partial charge is 0.345 e. The number of rotatable bonds is 4. The van der Waals surface area contributed by atoms with Crippen LogP contribution >= 0.6 is 0 Å². The molecule has 6 nitrogen and oxygen atoms in total. The molecule has 1 unspecified atom stereocenters. The molecule has 1 saturated heterocycles. The molecular formula is C17H25N3O3. The first kappa shape index (κ1) is 16.2. The fourth-order valence-electron chi connectivity index (χ4n) is 4.27. The van der Waals surface area contributed by atoms with Gasteiger partial charge < -0.3 is 14.6 Å². The zero-order valence-electron chi connectivity index (χ0n) is 14.1. The number of carbonyl (C=O) groups is 1. The molecule has 23 heavy (non-hydrogen) atoms. The van der Waals surface area contributed by atoms with Gasteiger partial charge in [0.25, 0.3) is 0 Å². The predicted molar refractivity (Wildman–Crippen MR) is 86.2 cm³/mol. The van der Waals surface area contributed by atoms with E-state index >= 15 is 0 Å². The maximum absolute atomic E-state index is 12.6. The van der Waals surface area contributed by atoms with Gasteiger partial charge in [-0.2, -0.15) is 4.98 Å². The van der Waals surface area contributed by atoms with Crippen LogP contribution in [0.3, 0.4) is 0 Å². The monoisotopic (exact) mass is 319 g/mol. The minimum Gasteiger partial charge on any atom is -0.381 e. The third kappa shape index (κ3) is 3.17. The van der Waals surface area contributed by atoms with E-state index in [1.54, 1.807) is 7.11 Å². The highest BCUT2D eigenvalue weighted by Crippen LogP contribution is 2.38. The Morgan fingerprint density at radius 3 is 2.52 bits per heavy atom. The number of nitrogens with zero attached hydrogens (tertiary/aromatic N) is 2. The zero-order chi connectivity index (χ0) is 16.6. The van der Waals surface area contributed by atoms with Crippen LogP contribution in [0.4, 0.5) is 0 Å². The van der Waals surface area contributed by atoms with Gasteiger partial charge in [0.1, 0.15) is 0 Å². The van der Waals surface area contributed by atoms with E-state index in [0.717, 1.165) is 42.9 Å². The van der Waals surface area contributed by atoms with Crippen molar-refractivity contribution in [1.82, 2.24) is 14.9 Å². The molecule has 2 aliphatic rings. The van der Waals surface area contributed by atoms with Crippen molar-refractivity contribution >= 4 is 5.91 Å². The van der Waals surface area contributed by atoms with Crippen LogP contribution in [-0.4, -0.2) is 47.1 Å². The molecule has 1 aliphatic heterocycles. The van der Waals surface area contributed by atoms with Crippen molar-refractivity contribution in [1.29, 1.82) is 0 Å². The summed E-state index contributed by atoms with van der Waals surface area (Å²) in [5, 5.41) is 0. The molecule has 2 heterocycles. The zero-order valence-corrected chi connectivity index (χ0v) is 14.1. The first-order valence-electron chi connectivity index (χ1n) is 8.36. The van der Waals surface area contributed by atoms with Gasteiger partial charge in [-0.25, -0.2) is 4.79 Å². The Morgan fingerprint density at radius 2 is 1.96 bits per heavy atom. The number of hydrogen-bond donors (Lipinski definition) is 1. The van der Waals surface area contributed by atoms with Gasteiger partial charge in [-0.05, 0) is 38.7 Å². The normalized spacial score (nSPS) is 26.6. The van der Waals surface area contributed by atoms with Gasteiger partial charge in [0.15, 0.2) is 0 Å². The Labute approximate surface area is 136 Å². The van der Waals surface area contributed by atoms with E-state index in [1.165, 1.54) is 0 Å². The van der Waals surface area contributed by atoms with Gasteiger partial charge >= 0.3 is 5.69 Å². The summed E-state index contributed by atoms with van der Waals surface area (Å²) in [6.07, 6.45) is 3.74. The van der Waals surface area contributed by atoms with Crippen LogP contribution in [0, 0.1) is 25.7 Å². The number of aryl methyl sites for hydroxylation is 2. The number of H-pyrrole nitrogens is 1. The third-order valence-electron chi connectivity index (χ3n) is 5.41. The van der Waals surface area contributed by atoms with Crippen LogP contribution in [-0.2, 0) is 16.0 Å². The Hall–Kier alpha value is -1.69. The molecule has 1 aliphatic carbocycles. The summed E-state index contributed by atoms with van der Waals surface area (Å²) >= 11 is 0. The van der Waals surface area contributed by atoms with E-state index in [2.05, 4.69) is 9.97 Å². The second-order valence-corrected chi connectivity index (χ2v) is 6.83. The first-order valence-corrected chi connectivity index (χ1v) is 8.36. The molecule has 1 N–H and O–H groups in total. The average Bonchev–Trinajstić information content (AvgIpc) is 2.74. The van der Waals surface area contributed by atoms with E-state index < -0.39 is 0 Å². The fourth-order valence-corrected chi connectivity index (χ4v) is 4.27. The van der Waals surface area contributed by atoms with Gasteiger partial charge in [-0.1, -0.05) is 0 Å². The first-order chi connectivity index (χ1) is 11.0. The average molecular weight is 319 g/mol. The Bertz CT molecular complexity index is 615. The SMILES string of the molecule is COC1[C@@H]2CC[C@H]1CN(C(=O)CCc1c(C)nc(=O)[nH]c1C)C2. The standard InChI is InChI=1S/C17H25N3O3/c1-10-14(11(2)19-17(22)18-10)6-7-15(21)20-8-12-4-5-13(9-20)16(12)23-3/h12-13,16H,4-9H2,1-3H3,(H,18,19,22)/t12-,13+,16?. The van der Waals surface area contributed by atoms with E-state index in [1.807, 2.05) is 18.7 Å². The van der Waals surface area contributed by atoms with E-state index in [0.29, 0.717) is 30.8 Å². The number of amides is 1. The molecule has 1 amide bonds. The topological polar surface area (TPSA) is 75.3 Å². The molecule has 2 bridgehead atoms.